The fourth-order valence-electron chi connectivity index (χ4n) is 4.51. The van der Waals surface area contributed by atoms with Gasteiger partial charge in [-0.25, -0.2) is 0 Å². The predicted octanol–water partition coefficient (Wildman–Crippen LogP) is 2.45. The average Bonchev–Trinajstić information content (AvgIpc) is 3.04. The maximum Gasteiger partial charge on any atom is 0.261 e. The molecule has 1 saturated heterocycles. The molecule has 0 spiro atoms. The van der Waals surface area contributed by atoms with Crippen molar-refractivity contribution in [2.45, 2.75) is 19.3 Å². The molecule has 2 heterocycles. The first kappa shape index (κ1) is 24.3. The minimum atomic E-state index is -0.308. The number of methoxy groups -OCH3 is 2. The number of hydrogen-bond acceptors (Lipinski definition) is 6. The normalized spacial score (nSPS) is 15.7. The minimum absolute atomic E-state index is 0.0398. The van der Waals surface area contributed by atoms with E-state index in [-0.39, 0.29) is 36.6 Å². The lowest BCUT2D eigenvalue weighted by molar-refractivity contribution is -0.131. The van der Waals surface area contributed by atoms with E-state index in [0.717, 1.165) is 0 Å². The molecule has 0 saturated carbocycles. The van der Waals surface area contributed by atoms with E-state index >= 15 is 0 Å². The fourth-order valence-corrected chi connectivity index (χ4v) is 4.51. The van der Waals surface area contributed by atoms with Crippen LogP contribution in [0.4, 0.5) is 0 Å². The summed E-state index contributed by atoms with van der Waals surface area (Å²) < 4.78 is 10.5. The standard InChI is InChI=1S/C26H29N3O6/c1-34-21-11-10-18(17-22(21)35-2)24(31)28-13-6-12-27(15-16-28)23(30)9-5-14-29-25(32)19-7-3-4-8-20(19)26(29)33/h3-4,7-8,10-11,17H,5-6,9,12-16H2,1-2H3. The van der Waals surface area contributed by atoms with Crippen LogP contribution in [0.1, 0.15) is 50.3 Å². The molecule has 1 fully saturated rings. The van der Waals surface area contributed by atoms with Crippen LogP contribution < -0.4 is 9.47 Å². The summed E-state index contributed by atoms with van der Waals surface area (Å²) in [4.78, 5) is 55.5. The quantitative estimate of drug-likeness (QED) is 0.566. The van der Waals surface area contributed by atoms with Gasteiger partial charge in [-0.3, -0.25) is 24.1 Å². The second kappa shape index (κ2) is 10.6. The van der Waals surface area contributed by atoms with Crippen molar-refractivity contribution in [1.29, 1.82) is 0 Å². The highest BCUT2D eigenvalue weighted by Gasteiger charge is 2.34. The van der Waals surface area contributed by atoms with E-state index in [0.29, 0.717) is 67.2 Å². The van der Waals surface area contributed by atoms with E-state index in [4.69, 9.17) is 9.47 Å². The lowest BCUT2D eigenvalue weighted by Crippen LogP contribution is -2.38. The van der Waals surface area contributed by atoms with E-state index < -0.39 is 0 Å². The van der Waals surface area contributed by atoms with Crippen molar-refractivity contribution >= 4 is 23.6 Å². The van der Waals surface area contributed by atoms with Gasteiger partial charge in [-0.15, -0.1) is 0 Å². The van der Waals surface area contributed by atoms with Gasteiger partial charge in [0.05, 0.1) is 25.3 Å². The van der Waals surface area contributed by atoms with Gasteiger partial charge in [-0.05, 0) is 43.2 Å². The van der Waals surface area contributed by atoms with Crippen molar-refractivity contribution in [2.75, 3.05) is 46.9 Å². The first-order valence-corrected chi connectivity index (χ1v) is 11.7. The third kappa shape index (κ3) is 4.99. The highest BCUT2D eigenvalue weighted by molar-refractivity contribution is 6.21. The van der Waals surface area contributed by atoms with Crippen molar-refractivity contribution in [3.05, 3.63) is 59.2 Å². The summed E-state index contributed by atoms with van der Waals surface area (Å²) in [6, 6.07) is 11.8. The lowest BCUT2D eigenvalue weighted by Gasteiger charge is -2.23. The number of ether oxygens (including phenoxy) is 2. The average molecular weight is 480 g/mol. The number of amides is 4. The topological polar surface area (TPSA) is 96.5 Å². The Kier molecular flexibility index (Phi) is 7.33. The first-order valence-electron chi connectivity index (χ1n) is 11.7. The van der Waals surface area contributed by atoms with Crippen LogP contribution in [0.25, 0.3) is 0 Å². The monoisotopic (exact) mass is 479 g/mol. The first-order chi connectivity index (χ1) is 16.9. The Balaban J connectivity index is 1.28. The van der Waals surface area contributed by atoms with Crippen molar-refractivity contribution in [2.24, 2.45) is 0 Å². The molecule has 0 aliphatic carbocycles. The Hall–Kier alpha value is -3.88. The summed E-state index contributed by atoms with van der Waals surface area (Å²) in [7, 11) is 3.06. The van der Waals surface area contributed by atoms with E-state index in [1.54, 1.807) is 59.4 Å². The van der Waals surface area contributed by atoms with Crippen LogP contribution in [0.2, 0.25) is 0 Å². The van der Waals surface area contributed by atoms with Gasteiger partial charge in [0.25, 0.3) is 17.7 Å². The van der Waals surface area contributed by atoms with E-state index in [1.807, 2.05) is 0 Å². The number of rotatable bonds is 7. The maximum absolute atomic E-state index is 13.0. The van der Waals surface area contributed by atoms with Gasteiger partial charge in [0.1, 0.15) is 0 Å². The number of hydrogen-bond donors (Lipinski definition) is 0. The van der Waals surface area contributed by atoms with Crippen LogP contribution in [0, 0.1) is 0 Å². The molecular weight excluding hydrogens is 450 g/mol. The molecule has 0 radical (unpaired) electrons. The molecule has 0 aromatic heterocycles. The van der Waals surface area contributed by atoms with E-state index in [9.17, 15) is 19.2 Å². The summed E-state index contributed by atoms with van der Waals surface area (Å²) in [6.45, 7) is 2.17. The molecule has 0 atom stereocenters. The summed E-state index contributed by atoms with van der Waals surface area (Å²) in [6.07, 6.45) is 1.30. The van der Waals surface area contributed by atoms with Crippen molar-refractivity contribution in [1.82, 2.24) is 14.7 Å². The van der Waals surface area contributed by atoms with Crippen LogP contribution in [-0.2, 0) is 4.79 Å². The van der Waals surface area contributed by atoms with Gasteiger partial charge < -0.3 is 19.3 Å². The molecule has 9 heteroatoms. The fraction of sp³-hybridized carbons (Fsp3) is 0.385. The van der Waals surface area contributed by atoms with Gasteiger partial charge in [0.15, 0.2) is 11.5 Å². The van der Waals surface area contributed by atoms with Crippen LogP contribution >= 0.6 is 0 Å². The van der Waals surface area contributed by atoms with E-state index in [1.165, 1.54) is 12.0 Å². The van der Waals surface area contributed by atoms with Crippen molar-refractivity contribution in [3.63, 3.8) is 0 Å². The van der Waals surface area contributed by atoms with Gasteiger partial charge in [-0.2, -0.15) is 0 Å². The molecule has 0 N–H and O–H groups in total. The van der Waals surface area contributed by atoms with Gasteiger partial charge in [0, 0.05) is 44.7 Å². The minimum Gasteiger partial charge on any atom is -0.493 e. The smallest absolute Gasteiger partial charge is 0.261 e. The molecule has 0 bridgehead atoms. The SMILES string of the molecule is COc1ccc(C(=O)N2CCCN(C(=O)CCCN3C(=O)c4ccccc4C3=O)CC2)cc1OC. The zero-order valence-electron chi connectivity index (χ0n) is 20.0. The molecule has 0 unspecified atom stereocenters. The summed E-state index contributed by atoms with van der Waals surface area (Å²) >= 11 is 0. The Morgan fingerprint density at radius 2 is 1.46 bits per heavy atom. The Morgan fingerprint density at radius 3 is 2.11 bits per heavy atom. The Morgan fingerprint density at radius 1 is 0.829 bits per heavy atom. The number of fused-ring (bicyclic) bond motifs is 1. The highest BCUT2D eigenvalue weighted by atomic mass is 16.5. The summed E-state index contributed by atoms with van der Waals surface area (Å²) in [5.74, 6) is 0.267. The maximum atomic E-state index is 13.0. The number of carbonyl (C=O) groups excluding carboxylic acids is 4. The number of benzene rings is 2. The molecule has 2 aromatic carbocycles. The molecule has 184 valence electrons. The molecule has 4 amide bonds. The molecule has 9 nitrogen and oxygen atoms in total. The van der Waals surface area contributed by atoms with Crippen LogP contribution in [0.3, 0.4) is 0 Å². The predicted molar refractivity (Wildman–Crippen MR) is 128 cm³/mol. The van der Waals surface area contributed by atoms with Crippen LogP contribution in [0.5, 0.6) is 11.5 Å². The Bertz CT molecular complexity index is 1110. The molecule has 2 aliphatic heterocycles. The Labute approximate surface area is 204 Å². The van der Waals surface area contributed by atoms with Gasteiger partial charge >= 0.3 is 0 Å². The van der Waals surface area contributed by atoms with Crippen molar-refractivity contribution in [3.8, 4) is 11.5 Å². The zero-order chi connectivity index (χ0) is 24.9. The third-order valence-corrected chi connectivity index (χ3v) is 6.42. The highest BCUT2D eigenvalue weighted by Crippen LogP contribution is 2.28. The molecular formula is C26H29N3O6. The van der Waals surface area contributed by atoms with Gasteiger partial charge in [0.2, 0.25) is 5.91 Å². The molecule has 4 rings (SSSR count). The second-order valence-electron chi connectivity index (χ2n) is 8.51. The number of nitrogens with zero attached hydrogens (tertiary/aromatic N) is 3. The van der Waals surface area contributed by atoms with Gasteiger partial charge in [-0.1, -0.05) is 12.1 Å². The molecule has 2 aromatic rings. The molecule has 35 heavy (non-hydrogen) atoms. The zero-order valence-corrected chi connectivity index (χ0v) is 20.0. The number of carbonyl (C=O) groups is 4. The lowest BCUT2D eigenvalue weighted by atomic mass is 10.1. The summed E-state index contributed by atoms with van der Waals surface area (Å²) in [5, 5.41) is 0. The molecule has 2 aliphatic rings. The number of imide groups is 1. The van der Waals surface area contributed by atoms with E-state index in [2.05, 4.69) is 0 Å². The second-order valence-corrected chi connectivity index (χ2v) is 8.51. The van der Waals surface area contributed by atoms with Crippen LogP contribution in [0.15, 0.2) is 42.5 Å². The van der Waals surface area contributed by atoms with Crippen molar-refractivity contribution < 1.29 is 28.7 Å². The third-order valence-electron chi connectivity index (χ3n) is 6.42. The summed E-state index contributed by atoms with van der Waals surface area (Å²) in [5.41, 5.74) is 1.33. The van der Waals surface area contributed by atoms with Crippen LogP contribution in [-0.4, -0.2) is 85.3 Å². The largest absolute Gasteiger partial charge is 0.493 e.